The lowest BCUT2D eigenvalue weighted by molar-refractivity contribution is -0.148. The molecule has 11 heteroatoms. The van der Waals surface area contributed by atoms with Crippen molar-refractivity contribution in [2.24, 2.45) is 17.6 Å². The highest BCUT2D eigenvalue weighted by molar-refractivity contribution is 5.92. The number of nitrogens with one attached hydrogen (secondary N) is 2. The van der Waals surface area contributed by atoms with Crippen LogP contribution >= 0.6 is 0 Å². The number of alkyl carbamates (subject to hydrolysis) is 1. The van der Waals surface area contributed by atoms with E-state index in [-0.39, 0.29) is 49.9 Å². The highest BCUT2D eigenvalue weighted by Gasteiger charge is 2.32. The number of Topliss-reactive ketones (excluding diaryl/α,β-unsaturated/α-hetero) is 1. The highest BCUT2D eigenvalue weighted by Crippen LogP contribution is 2.44. The van der Waals surface area contributed by atoms with Crippen LogP contribution in [0.3, 0.4) is 0 Å². The lowest BCUT2D eigenvalue weighted by atomic mass is 9.90. The van der Waals surface area contributed by atoms with Crippen LogP contribution in [0.1, 0.15) is 108 Å². The van der Waals surface area contributed by atoms with Gasteiger partial charge in [0.05, 0.1) is 30.5 Å². The highest BCUT2D eigenvalue weighted by atomic mass is 16.6. The monoisotopic (exact) mass is 741 g/mol. The van der Waals surface area contributed by atoms with Gasteiger partial charge in [-0.05, 0) is 79.8 Å². The molecular weight excluding hydrogens is 686 g/mol. The fourth-order valence-electron chi connectivity index (χ4n) is 6.74. The van der Waals surface area contributed by atoms with Crippen molar-refractivity contribution in [3.63, 3.8) is 0 Å². The summed E-state index contributed by atoms with van der Waals surface area (Å²) in [6, 6.07) is 21.4. The third-order valence-electron chi connectivity index (χ3n) is 9.69. The van der Waals surface area contributed by atoms with Gasteiger partial charge >= 0.3 is 12.1 Å². The molecule has 0 bridgehead atoms. The topological polar surface area (TPSA) is 174 Å². The summed E-state index contributed by atoms with van der Waals surface area (Å²) in [5.74, 6) is -2.66. The maximum atomic E-state index is 13.7. The summed E-state index contributed by atoms with van der Waals surface area (Å²) in [4.78, 5) is 64.2. The molecule has 0 aliphatic heterocycles. The predicted octanol–water partition coefficient (Wildman–Crippen LogP) is 6.29. The molecule has 4 atom stereocenters. The first-order valence-corrected chi connectivity index (χ1v) is 18.8. The molecule has 0 saturated carbocycles. The fraction of sp³-hybridized carbons (Fsp3) is 0.465. The minimum atomic E-state index is -1.02. The Hall–Kier alpha value is -5.03. The largest absolute Gasteiger partial charge is 0.465 e. The second-order valence-corrected chi connectivity index (χ2v) is 15.5. The first kappa shape index (κ1) is 41.7. The van der Waals surface area contributed by atoms with E-state index in [9.17, 15) is 29.1 Å². The van der Waals surface area contributed by atoms with Gasteiger partial charge in [0, 0.05) is 18.8 Å². The van der Waals surface area contributed by atoms with E-state index in [2.05, 4.69) is 22.8 Å². The summed E-state index contributed by atoms with van der Waals surface area (Å²) >= 11 is 0. The zero-order chi connectivity index (χ0) is 39.6. The molecule has 0 saturated heterocycles. The maximum Gasteiger partial charge on any atom is 0.407 e. The Morgan fingerprint density at radius 2 is 1.43 bits per heavy atom. The van der Waals surface area contributed by atoms with Crippen LogP contribution in [0.5, 0.6) is 0 Å². The first-order valence-electron chi connectivity index (χ1n) is 18.8. The summed E-state index contributed by atoms with van der Waals surface area (Å²) in [7, 11) is 0. The van der Waals surface area contributed by atoms with Crippen LogP contribution in [-0.2, 0) is 35.1 Å². The van der Waals surface area contributed by atoms with Gasteiger partial charge in [0.2, 0.25) is 11.8 Å². The minimum Gasteiger partial charge on any atom is -0.465 e. The number of hydrogen-bond donors (Lipinski definition) is 4. The standard InChI is InChI=1S/C43H55N3O8/c1-26(2)34(24-39(49)53-25-35-32-15-9-7-13-30(32)31-14-8-10-16-33(31)35)41(51)46-36(17-11-12-18-38(44)48)37(47)23-28-19-21-29(22-20-28)40(50)27(3)45-42(52)54-43(4,5)6/h7-10,13-16,19-22,26-27,34-36,40,50H,11-12,17-18,23-25H2,1-6H3,(H2,44,48)(H,45,52)(H,46,51)/t27-,34+,36+,40-/m1/s1. The molecule has 1 aliphatic carbocycles. The number of rotatable bonds is 18. The summed E-state index contributed by atoms with van der Waals surface area (Å²) < 4.78 is 11.1. The maximum absolute atomic E-state index is 13.7. The Morgan fingerprint density at radius 1 is 0.833 bits per heavy atom. The number of aliphatic hydroxyl groups is 1. The van der Waals surface area contributed by atoms with Gasteiger partial charge in [-0.15, -0.1) is 0 Å². The fourth-order valence-corrected chi connectivity index (χ4v) is 6.74. The number of primary amides is 1. The van der Waals surface area contributed by atoms with Crippen molar-refractivity contribution < 1.29 is 38.6 Å². The number of aliphatic hydroxyl groups excluding tert-OH is 1. The number of ketones is 1. The van der Waals surface area contributed by atoms with Crippen LogP contribution in [0.15, 0.2) is 72.8 Å². The molecule has 3 amide bonds. The minimum absolute atomic E-state index is 0.00156. The SMILES string of the molecule is CC(C)[C@H](CC(=O)OCC1c2ccccc2-c2ccccc21)C(=O)N[C@@H](CCCCC(N)=O)C(=O)Cc1ccc([C@H](O)[C@@H](C)NC(=O)OC(C)(C)C)cc1. The average molecular weight is 742 g/mol. The second-order valence-electron chi connectivity index (χ2n) is 15.5. The number of fused-ring (bicyclic) bond motifs is 3. The van der Waals surface area contributed by atoms with Crippen LogP contribution in [0.4, 0.5) is 4.79 Å². The van der Waals surface area contributed by atoms with Gasteiger partial charge in [0.1, 0.15) is 12.2 Å². The molecule has 54 heavy (non-hydrogen) atoms. The van der Waals surface area contributed by atoms with Crippen molar-refractivity contribution in [3.05, 3.63) is 95.1 Å². The zero-order valence-electron chi connectivity index (χ0n) is 32.2. The number of hydrogen-bond acceptors (Lipinski definition) is 8. The van der Waals surface area contributed by atoms with Gasteiger partial charge in [-0.1, -0.05) is 93.1 Å². The summed E-state index contributed by atoms with van der Waals surface area (Å²) in [5, 5.41) is 16.4. The quantitative estimate of drug-likeness (QED) is 0.0869. The van der Waals surface area contributed by atoms with Crippen molar-refractivity contribution in [3.8, 4) is 11.1 Å². The molecule has 3 aromatic rings. The van der Waals surface area contributed by atoms with Crippen molar-refractivity contribution in [2.75, 3.05) is 6.61 Å². The lowest BCUT2D eigenvalue weighted by Crippen LogP contribution is -2.46. The Morgan fingerprint density at radius 3 is 1.98 bits per heavy atom. The number of carbonyl (C=O) groups is 5. The predicted molar refractivity (Wildman–Crippen MR) is 206 cm³/mol. The van der Waals surface area contributed by atoms with Crippen LogP contribution in [0, 0.1) is 11.8 Å². The number of unbranched alkanes of at least 4 members (excludes halogenated alkanes) is 1. The molecule has 290 valence electrons. The van der Waals surface area contributed by atoms with Crippen molar-refractivity contribution in [1.29, 1.82) is 0 Å². The lowest BCUT2D eigenvalue weighted by Gasteiger charge is -2.25. The van der Waals surface area contributed by atoms with Gasteiger partial charge in [-0.25, -0.2) is 4.79 Å². The summed E-state index contributed by atoms with van der Waals surface area (Å²) in [6.07, 6.45) is -0.415. The average Bonchev–Trinajstić information content (AvgIpc) is 3.43. The number of nitrogens with two attached hydrogens (primary N) is 1. The molecule has 11 nitrogen and oxygen atoms in total. The van der Waals surface area contributed by atoms with E-state index >= 15 is 0 Å². The summed E-state index contributed by atoms with van der Waals surface area (Å²) in [6.45, 7) is 10.8. The van der Waals surface area contributed by atoms with Crippen LogP contribution in [-0.4, -0.2) is 59.1 Å². The Balaban J connectivity index is 1.38. The molecule has 5 N–H and O–H groups in total. The number of carbonyl (C=O) groups excluding carboxylic acids is 5. The first-order chi connectivity index (χ1) is 25.5. The smallest absolute Gasteiger partial charge is 0.407 e. The van der Waals surface area contributed by atoms with Gasteiger partial charge in [0.15, 0.2) is 5.78 Å². The van der Waals surface area contributed by atoms with Crippen molar-refractivity contribution >= 4 is 29.7 Å². The number of ether oxygens (including phenoxy) is 2. The molecule has 3 aromatic carbocycles. The Labute approximate surface area is 318 Å². The van der Waals surface area contributed by atoms with Gasteiger partial charge in [0.25, 0.3) is 0 Å². The Bertz CT molecular complexity index is 1740. The molecule has 1 aliphatic rings. The molecule has 0 radical (unpaired) electrons. The number of amides is 3. The van der Waals surface area contributed by atoms with Crippen LogP contribution < -0.4 is 16.4 Å². The number of esters is 1. The Kier molecular flexibility index (Phi) is 14.5. The molecular formula is C43H55N3O8. The third kappa shape index (κ3) is 11.7. The number of benzene rings is 3. The molecule has 0 spiro atoms. The van der Waals surface area contributed by atoms with Crippen molar-refractivity contribution in [1.82, 2.24) is 10.6 Å². The third-order valence-corrected chi connectivity index (χ3v) is 9.69. The van der Waals surface area contributed by atoms with Gasteiger partial charge in [-0.3, -0.25) is 19.2 Å². The van der Waals surface area contributed by atoms with E-state index in [0.717, 1.165) is 22.3 Å². The van der Waals surface area contributed by atoms with Gasteiger partial charge < -0.3 is 30.9 Å². The zero-order valence-corrected chi connectivity index (χ0v) is 32.2. The van der Waals surface area contributed by atoms with E-state index in [1.165, 1.54) is 0 Å². The van der Waals surface area contributed by atoms with Gasteiger partial charge in [-0.2, -0.15) is 0 Å². The molecule has 0 fully saturated rings. The van der Waals surface area contributed by atoms with Crippen molar-refractivity contribution in [2.45, 2.75) is 110 Å². The van der Waals surface area contributed by atoms with E-state index < -0.39 is 53.6 Å². The molecule has 0 unspecified atom stereocenters. The van der Waals surface area contributed by atoms with Crippen LogP contribution in [0.2, 0.25) is 0 Å². The van der Waals surface area contributed by atoms with Crippen LogP contribution in [0.25, 0.3) is 11.1 Å². The molecule has 0 aromatic heterocycles. The second kappa shape index (κ2) is 18.8. The normalized spacial score (nSPS) is 14.6. The van der Waals surface area contributed by atoms with E-state index in [1.807, 2.05) is 50.2 Å². The van der Waals surface area contributed by atoms with E-state index in [0.29, 0.717) is 24.0 Å². The van der Waals surface area contributed by atoms with E-state index in [1.54, 1.807) is 52.0 Å². The van der Waals surface area contributed by atoms with E-state index in [4.69, 9.17) is 15.2 Å². The molecule has 0 heterocycles. The molecule has 4 rings (SSSR count). The summed E-state index contributed by atoms with van der Waals surface area (Å²) in [5.41, 5.74) is 10.3.